The minimum atomic E-state index is 0.0829. The second-order valence-electron chi connectivity index (χ2n) is 13.9. The molecule has 6 aliphatic rings. The standard InChI is InChI=1S/C48H34N3/c1-4-15-32(16-5-1)34-27-35(33-17-6-2-7-18-33)29-37(28-34)50-43-24-12-13-25-44(43)51-47-30-40-38-21-10-11-23-42(38)49(36-19-8-3-9-20-36)46(40)31-41(47)39-22-14-26-45(50)48(39)51/h1-29,31,42,48H,30H2/q+1. The maximum absolute atomic E-state index is 2.65. The molecule has 2 unspecified atom stereocenters. The van der Waals surface area contributed by atoms with Gasteiger partial charge >= 0.3 is 0 Å². The Morgan fingerprint density at radius 2 is 1.29 bits per heavy atom. The summed E-state index contributed by atoms with van der Waals surface area (Å²) in [5.74, 6) is 0. The van der Waals surface area contributed by atoms with Gasteiger partial charge < -0.3 is 9.80 Å². The van der Waals surface area contributed by atoms with Crippen LogP contribution < -0.4 is 14.4 Å². The molecule has 240 valence electrons. The van der Waals surface area contributed by atoms with Gasteiger partial charge in [-0.3, -0.25) is 0 Å². The summed E-state index contributed by atoms with van der Waals surface area (Å²) in [5, 5.41) is 0. The average molecular weight is 653 g/mol. The number of hydrogen-bond donors (Lipinski definition) is 0. The van der Waals surface area contributed by atoms with E-state index in [4.69, 9.17) is 0 Å². The quantitative estimate of drug-likeness (QED) is 0.179. The van der Waals surface area contributed by atoms with Crippen molar-refractivity contribution in [2.45, 2.75) is 18.5 Å². The van der Waals surface area contributed by atoms with Crippen LogP contribution in [-0.4, -0.2) is 17.8 Å². The van der Waals surface area contributed by atoms with E-state index in [2.05, 4.69) is 196 Å². The van der Waals surface area contributed by atoms with E-state index < -0.39 is 0 Å². The number of nitrogens with zero attached hydrogens (tertiary/aromatic N) is 3. The molecule has 51 heavy (non-hydrogen) atoms. The molecule has 0 fully saturated rings. The van der Waals surface area contributed by atoms with E-state index in [0.29, 0.717) is 0 Å². The second kappa shape index (κ2) is 11.0. The normalized spacial score (nSPS) is 20.5. The van der Waals surface area contributed by atoms with Crippen molar-refractivity contribution in [3.05, 3.63) is 216 Å². The highest BCUT2D eigenvalue weighted by atomic mass is 15.3. The van der Waals surface area contributed by atoms with Gasteiger partial charge in [-0.15, -0.1) is 0 Å². The predicted molar refractivity (Wildman–Crippen MR) is 211 cm³/mol. The van der Waals surface area contributed by atoms with E-state index in [9.17, 15) is 0 Å². The molecule has 0 spiro atoms. The predicted octanol–water partition coefficient (Wildman–Crippen LogP) is 10.8. The summed E-state index contributed by atoms with van der Waals surface area (Å²) < 4.78 is 2.52. The van der Waals surface area contributed by atoms with Crippen molar-refractivity contribution in [2.24, 2.45) is 0 Å². The summed E-state index contributed by atoms with van der Waals surface area (Å²) in [7, 11) is 0. The summed E-state index contributed by atoms with van der Waals surface area (Å²) in [6.45, 7) is 0. The summed E-state index contributed by atoms with van der Waals surface area (Å²) in [4.78, 5) is 5.18. The van der Waals surface area contributed by atoms with E-state index in [1.807, 2.05) is 0 Å². The molecule has 2 atom stereocenters. The van der Waals surface area contributed by atoms with Crippen molar-refractivity contribution in [3.63, 3.8) is 0 Å². The summed E-state index contributed by atoms with van der Waals surface area (Å²) >= 11 is 0. The highest BCUT2D eigenvalue weighted by Gasteiger charge is 2.51. The molecule has 5 aromatic carbocycles. The third kappa shape index (κ3) is 4.22. The van der Waals surface area contributed by atoms with Crippen molar-refractivity contribution >= 4 is 28.5 Å². The molecule has 3 heteroatoms. The minimum absolute atomic E-state index is 0.0829. The summed E-state index contributed by atoms with van der Waals surface area (Å²) in [6.07, 6.45) is 19.4. The monoisotopic (exact) mass is 652 g/mol. The molecule has 0 amide bonds. The molecule has 11 rings (SSSR count). The summed E-state index contributed by atoms with van der Waals surface area (Å²) in [5.41, 5.74) is 19.3. The zero-order valence-corrected chi connectivity index (χ0v) is 28.0. The molecule has 0 aromatic heterocycles. The Bertz CT molecular complexity index is 2480. The Morgan fingerprint density at radius 1 is 0.608 bits per heavy atom. The molecular weight excluding hydrogens is 619 g/mol. The number of anilines is 2. The van der Waals surface area contributed by atoms with Crippen molar-refractivity contribution in [3.8, 4) is 22.3 Å². The van der Waals surface area contributed by atoms with Crippen LogP contribution in [0.2, 0.25) is 0 Å². The Hall–Kier alpha value is -6.45. The largest absolute Gasteiger partial charge is 0.330 e. The van der Waals surface area contributed by atoms with Gasteiger partial charge in [0.2, 0.25) is 17.1 Å². The van der Waals surface area contributed by atoms with Gasteiger partial charge in [-0.05, 0) is 69.3 Å². The topological polar surface area (TPSA) is 9.49 Å². The molecule has 0 radical (unpaired) electrons. The van der Waals surface area contributed by atoms with Crippen molar-refractivity contribution in [1.82, 2.24) is 4.58 Å². The maximum Gasteiger partial charge on any atom is 0.235 e. The first-order chi connectivity index (χ1) is 25.3. The van der Waals surface area contributed by atoms with Crippen LogP contribution in [0.25, 0.3) is 22.3 Å². The molecule has 3 heterocycles. The van der Waals surface area contributed by atoms with Gasteiger partial charge in [0.15, 0.2) is 0 Å². The third-order valence-electron chi connectivity index (χ3n) is 11.2. The van der Waals surface area contributed by atoms with E-state index in [-0.39, 0.29) is 12.1 Å². The van der Waals surface area contributed by atoms with Gasteiger partial charge in [0, 0.05) is 53.4 Å². The number of allylic oxidation sites excluding steroid dienone is 7. The number of para-hydroxylation sites is 3. The van der Waals surface area contributed by atoms with Crippen LogP contribution in [0.5, 0.6) is 0 Å². The van der Waals surface area contributed by atoms with Crippen LogP contribution in [0.15, 0.2) is 216 Å². The fraction of sp³-hybridized carbons (Fsp3) is 0.0625. The zero-order chi connectivity index (χ0) is 33.5. The molecule has 0 saturated carbocycles. The van der Waals surface area contributed by atoms with Crippen LogP contribution in [0.4, 0.5) is 22.7 Å². The number of rotatable bonds is 4. The van der Waals surface area contributed by atoms with Gasteiger partial charge in [0.1, 0.15) is 11.7 Å². The van der Waals surface area contributed by atoms with E-state index in [1.165, 1.54) is 84.4 Å². The Morgan fingerprint density at radius 3 is 2.04 bits per heavy atom. The van der Waals surface area contributed by atoms with Gasteiger partial charge in [-0.2, -0.15) is 4.58 Å². The molecule has 3 aliphatic carbocycles. The Kier molecular flexibility index (Phi) is 6.14. The lowest BCUT2D eigenvalue weighted by Gasteiger charge is -2.35. The lowest BCUT2D eigenvalue weighted by Crippen LogP contribution is -2.45. The molecular formula is C48H34N3+. The molecule has 0 saturated heterocycles. The highest BCUT2D eigenvalue weighted by molar-refractivity contribution is 6.14. The van der Waals surface area contributed by atoms with Gasteiger partial charge in [0.05, 0.1) is 6.04 Å². The molecule has 3 nitrogen and oxygen atoms in total. The van der Waals surface area contributed by atoms with E-state index in [0.717, 1.165) is 6.42 Å². The van der Waals surface area contributed by atoms with Gasteiger partial charge in [0.25, 0.3) is 0 Å². The van der Waals surface area contributed by atoms with Crippen molar-refractivity contribution in [2.75, 3.05) is 9.80 Å². The SMILES string of the molecule is C1=CC2=C3CC4=C(C=C3N(c3ccccc3)C2C=C1)C1=CC=CC2=[N+](c3cc(-c5ccccc5)cc(-c5ccccc5)c3)c3ccccc3N4C12. The smallest absolute Gasteiger partial charge is 0.235 e. The number of benzene rings is 5. The van der Waals surface area contributed by atoms with Crippen molar-refractivity contribution in [1.29, 1.82) is 0 Å². The van der Waals surface area contributed by atoms with E-state index in [1.54, 1.807) is 0 Å². The van der Waals surface area contributed by atoms with Gasteiger partial charge in [-0.25, -0.2) is 0 Å². The van der Waals surface area contributed by atoms with Crippen molar-refractivity contribution < 1.29 is 0 Å². The fourth-order valence-corrected chi connectivity index (χ4v) is 9.02. The highest BCUT2D eigenvalue weighted by Crippen LogP contribution is 2.54. The molecule has 0 bridgehead atoms. The van der Waals surface area contributed by atoms with Crippen LogP contribution in [0.3, 0.4) is 0 Å². The lowest BCUT2D eigenvalue weighted by atomic mass is 9.88. The third-order valence-corrected chi connectivity index (χ3v) is 11.2. The lowest BCUT2D eigenvalue weighted by molar-refractivity contribution is 0.851. The fourth-order valence-electron chi connectivity index (χ4n) is 9.02. The maximum atomic E-state index is 2.65. The van der Waals surface area contributed by atoms with E-state index >= 15 is 0 Å². The second-order valence-corrected chi connectivity index (χ2v) is 13.9. The molecule has 5 aromatic rings. The minimum Gasteiger partial charge on any atom is -0.330 e. The van der Waals surface area contributed by atoms with Crippen LogP contribution in [0, 0.1) is 0 Å². The Balaban J connectivity index is 1.11. The first kappa shape index (κ1) is 28.4. The molecule has 0 N–H and O–H groups in total. The number of fused-ring (bicyclic) bond motifs is 6. The van der Waals surface area contributed by atoms with Gasteiger partial charge in [-0.1, -0.05) is 127 Å². The van der Waals surface area contributed by atoms with Crippen LogP contribution in [-0.2, 0) is 0 Å². The van der Waals surface area contributed by atoms with Crippen LogP contribution >= 0.6 is 0 Å². The summed E-state index contributed by atoms with van der Waals surface area (Å²) in [6, 6.07) is 48.8. The first-order valence-electron chi connectivity index (χ1n) is 17.9. The average Bonchev–Trinajstić information content (AvgIpc) is 3.71. The Labute approximate surface area is 298 Å². The zero-order valence-electron chi connectivity index (χ0n) is 28.0. The number of hydrogen-bond acceptors (Lipinski definition) is 2. The molecule has 3 aliphatic heterocycles. The van der Waals surface area contributed by atoms with Crippen LogP contribution in [0.1, 0.15) is 6.42 Å². The first-order valence-corrected chi connectivity index (χ1v) is 17.9.